The Morgan fingerprint density at radius 1 is 1.14 bits per heavy atom. The standard InChI is InChI=1S/C20H23ClN4O3S/c1-13-17-9-10-18(26)24(2)20(17)23-19(22-13)14-4-3-11-25(12-14)29(27,28)16-7-5-15(21)6-8-16/h5-8,14H,3-4,9-12H2,1-2H3/t14-/m1/s1. The summed E-state index contributed by atoms with van der Waals surface area (Å²) in [5, 5.41) is 0.497. The van der Waals surface area contributed by atoms with Crippen LogP contribution in [0.15, 0.2) is 29.2 Å². The average molecular weight is 435 g/mol. The van der Waals surface area contributed by atoms with E-state index in [2.05, 4.69) is 9.97 Å². The number of fused-ring (bicyclic) bond motifs is 1. The summed E-state index contributed by atoms with van der Waals surface area (Å²) in [6.07, 6.45) is 2.64. The summed E-state index contributed by atoms with van der Waals surface area (Å²) in [6.45, 7) is 2.71. The number of benzene rings is 1. The molecule has 0 N–H and O–H groups in total. The van der Waals surface area contributed by atoms with Crippen LogP contribution in [0.1, 0.15) is 42.3 Å². The molecule has 9 heteroatoms. The molecule has 0 spiro atoms. The molecule has 0 radical (unpaired) electrons. The molecule has 1 saturated heterocycles. The number of hydrogen-bond acceptors (Lipinski definition) is 5. The molecule has 0 saturated carbocycles. The molecular weight excluding hydrogens is 412 g/mol. The molecule has 7 nitrogen and oxygen atoms in total. The Kier molecular flexibility index (Phi) is 5.35. The molecule has 2 aromatic rings. The Balaban J connectivity index is 1.63. The van der Waals surface area contributed by atoms with E-state index < -0.39 is 10.0 Å². The maximum absolute atomic E-state index is 13.1. The van der Waals surface area contributed by atoms with E-state index in [4.69, 9.17) is 11.6 Å². The number of aromatic nitrogens is 2. The first-order valence-corrected chi connectivity index (χ1v) is 11.5. The van der Waals surface area contributed by atoms with E-state index in [9.17, 15) is 13.2 Å². The minimum absolute atomic E-state index is 0.0390. The van der Waals surface area contributed by atoms with Crippen molar-refractivity contribution in [2.45, 2.75) is 43.4 Å². The fourth-order valence-corrected chi connectivity index (χ4v) is 5.65. The minimum atomic E-state index is -3.61. The molecule has 1 amide bonds. The number of amides is 1. The lowest BCUT2D eigenvalue weighted by molar-refractivity contribution is -0.118. The smallest absolute Gasteiger partial charge is 0.243 e. The van der Waals surface area contributed by atoms with Crippen LogP contribution in [0.2, 0.25) is 5.02 Å². The number of carbonyl (C=O) groups is 1. The number of aryl methyl sites for hydroxylation is 1. The average Bonchev–Trinajstić information content (AvgIpc) is 2.71. The lowest BCUT2D eigenvalue weighted by Gasteiger charge is -2.32. The van der Waals surface area contributed by atoms with Gasteiger partial charge in [-0.15, -0.1) is 0 Å². The van der Waals surface area contributed by atoms with Gasteiger partial charge in [0.1, 0.15) is 11.6 Å². The van der Waals surface area contributed by atoms with Crippen LogP contribution in [-0.2, 0) is 21.2 Å². The first-order valence-electron chi connectivity index (χ1n) is 9.67. The van der Waals surface area contributed by atoms with Gasteiger partial charge < -0.3 is 0 Å². The van der Waals surface area contributed by atoms with E-state index in [0.717, 1.165) is 24.1 Å². The largest absolute Gasteiger partial charge is 0.300 e. The van der Waals surface area contributed by atoms with Crippen molar-refractivity contribution < 1.29 is 13.2 Å². The number of rotatable bonds is 3. The molecule has 154 valence electrons. The fraction of sp³-hybridized carbons (Fsp3) is 0.450. The van der Waals surface area contributed by atoms with Crippen molar-refractivity contribution in [3.05, 3.63) is 46.4 Å². The zero-order chi connectivity index (χ0) is 20.8. The van der Waals surface area contributed by atoms with Gasteiger partial charge in [0.15, 0.2) is 0 Å². The molecule has 2 aliphatic heterocycles. The maximum atomic E-state index is 13.1. The van der Waals surface area contributed by atoms with Crippen molar-refractivity contribution in [2.24, 2.45) is 0 Å². The number of carbonyl (C=O) groups excluding carboxylic acids is 1. The highest BCUT2D eigenvalue weighted by Crippen LogP contribution is 2.33. The fourth-order valence-electron chi connectivity index (χ4n) is 4.00. The Morgan fingerprint density at radius 3 is 2.59 bits per heavy atom. The zero-order valence-corrected chi connectivity index (χ0v) is 18.0. The van der Waals surface area contributed by atoms with E-state index in [-0.39, 0.29) is 16.7 Å². The Morgan fingerprint density at radius 2 is 1.86 bits per heavy atom. The van der Waals surface area contributed by atoms with Gasteiger partial charge in [-0.1, -0.05) is 11.6 Å². The van der Waals surface area contributed by atoms with Crippen LogP contribution in [-0.4, -0.2) is 48.7 Å². The first-order chi connectivity index (χ1) is 13.8. The summed E-state index contributed by atoms with van der Waals surface area (Å²) in [7, 11) is -1.88. The minimum Gasteiger partial charge on any atom is -0.300 e. The lowest BCUT2D eigenvalue weighted by atomic mass is 9.97. The number of piperidine rings is 1. The summed E-state index contributed by atoms with van der Waals surface area (Å²) in [6, 6.07) is 6.22. The second-order valence-corrected chi connectivity index (χ2v) is 9.95. The SMILES string of the molecule is Cc1nc([C@@H]2CCCN(S(=O)(=O)c3ccc(Cl)cc3)C2)nc2c1CCC(=O)N2C. The number of sulfonamides is 1. The highest BCUT2D eigenvalue weighted by Gasteiger charge is 2.33. The van der Waals surface area contributed by atoms with Gasteiger partial charge in [0.05, 0.1) is 4.90 Å². The van der Waals surface area contributed by atoms with Gasteiger partial charge in [0.25, 0.3) is 0 Å². The maximum Gasteiger partial charge on any atom is 0.243 e. The predicted octanol–water partition coefficient (Wildman–Crippen LogP) is 2.92. The topological polar surface area (TPSA) is 83.5 Å². The Hall–Kier alpha value is -2.03. The van der Waals surface area contributed by atoms with E-state index in [1.807, 2.05) is 6.92 Å². The summed E-state index contributed by atoms with van der Waals surface area (Å²) in [5.74, 6) is 1.19. The third-order valence-electron chi connectivity index (χ3n) is 5.69. The van der Waals surface area contributed by atoms with Gasteiger partial charge in [0, 0.05) is 48.8 Å². The third-order valence-corrected chi connectivity index (χ3v) is 7.82. The van der Waals surface area contributed by atoms with Crippen molar-refractivity contribution in [1.82, 2.24) is 14.3 Å². The molecule has 2 aliphatic rings. The van der Waals surface area contributed by atoms with E-state index in [0.29, 0.717) is 42.6 Å². The summed E-state index contributed by atoms with van der Waals surface area (Å²) < 4.78 is 27.6. The van der Waals surface area contributed by atoms with Gasteiger partial charge in [-0.05, 0) is 50.5 Å². The molecule has 29 heavy (non-hydrogen) atoms. The Bertz CT molecular complexity index is 1060. The van der Waals surface area contributed by atoms with E-state index in [1.54, 1.807) is 24.1 Å². The van der Waals surface area contributed by atoms with E-state index in [1.165, 1.54) is 16.4 Å². The molecule has 1 fully saturated rings. The predicted molar refractivity (Wildman–Crippen MR) is 111 cm³/mol. The number of hydrogen-bond donors (Lipinski definition) is 0. The zero-order valence-electron chi connectivity index (χ0n) is 16.4. The van der Waals surface area contributed by atoms with Crippen molar-refractivity contribution in [3.8, 4) is 0 Å². The van der Waals surface area contributed by atoms with Crippen LogP contribution >= 0.6 is 11.6 Å². The van der Waals surface area contributed by atoms with Crippen LogP contribution in [0.4, 0.5) is 5.82 Å². The molecule has 4 rings (SSSR count). The van der Waals surface area contributed by atoms with Crippen molar-refractivity contribution in [3.63, 3.8) is 0 Å². The molecule has 0 unspecified atom stereocenters. The van der Waals surface area contributed by atoms with Crippen molar-refractivity contribution in [1.29, 1.82) is 0 Å². The molecule has 0 aliphatic carbocycles. The normalized spacial score (nSPS) is 20.6. The highest BCUT2D eigenvalue weighted by atomic mass is 35.5. The molecular formula is C20H23ClN4O3S. The molecule has 1 atom stereocenters. The molecule has 3 heterocycles. The first kappa shape index (κ1) is 20.3. The quantitative estimate of drug-likeness (QED) is 0.741. The van der Waals surface area contributed by atoms with Crippen molar-refractivity contribution >= 4 is 33.3 Å². The van der Waals surface area contributed by atoms with Gasteiger partial charge in [-0.2, -0.15) is 4.31 Å². The lowest BCUT2D eigenvalue weighted by Crippen LogP contribution is -2.40. The third kappa shape index (κ3) is 3.76. The molecule has 1 aromatic heterocycles. The number of halogens is 1. The van der Waals surface area contributed by atoms with Crippen LogP contribution < -0.4 is 4.90 Å². The second kappa shape index (κ2) is 7.66. The van der Waals surface area contributed by atoms with E-state index >= 15 is 0 Å². The van der Waals surface area contributed by atoms with Gasteiger partial charge >= 0.3 is 0 Å². The van der Waals surface area contributed by atoms with Gasteiger partial charge in [0.2, 0.25) is 15.9 Å². The molecule has 0 bridgehead atoms. The monoisotopic (exact) mass is 434 g/mol. The van der Waals surface area contributed by atoms with Crippen LogP contribution in [0.3, 0.4) is 0 Å². The second-order valence-electron chi connectivity index (χ2n) is 7.58. The van der Waals surface area contributed by atoms with Crippen LogP contribution in [0.25, 0.3) is 0 Å². The van der Waals surface area contributed by atoms with Crippen LogP contribution in [0, 0.1) is 6.92 Å². The number of anilines is 1. The summed E-state index contributed by atoms with van der Waals surface area (Å²) in [5.41, 5.74) is 1.86. The highest BCUT2D eigenvalue weighted by molar-refractivity contribution is 7.89. The van der Waals surface area contributed by atoms with Crippen LogP contribution in [0.5, 0.6) is 0 Å². The van der Waals surface area contributed by atoms with Crippen molar-refractivity contribution in [2.75, 3.05) is 25.0 Å². The summed E-state index contributed by atoms with van der Waals surface area (Å²) >= 11 is 5.89. The Labute approximate surface area is 175 Å². The van der Waals surface area contributed by atoms with Gasteiger partial charge in [-0.25, -0.2) is 18.4 Å². The number of nitrogens with zero attached hydrogens (tertiary/aromatic N) is 4. The summed E-state index contributed by atoms with van der Waals surface area (Å²) in [4.78, 5) is 23.3. The van der Waals surface area contributed by atoms with Gasteiger partial charge in [-0.3, -0.25) is 9.69 Å². The molecule has 1 aromatic carbocycles.